The summed E-state index contributed by atoms with van der Waals surface area (Å²) >= 11 is 3.34. The molecule has 1 aliphatic rings. The highest BCUT2D eigenvalue weighted by molar-refractivity contribution is 9.10. The van der Waals surface area contributed by atoms with E-state index in [-0.39, 0.29) is 0 Å². The summed E-state index contributed by atoms with van der Waals surface area (Å²) in [4.78, 5) is 15.7. The van der Waals surface area contributed by atoms with Gasteiger partial charge in [0.25, 0.3) is 0 Å². The summed E-state index contributed by atoms with van der Waals surface area (Å²) in [5.74, 6) is -0.904. The summed E-state index contributed by atoms with van der Waals surface area (Å²) in [5.41, 5.74) is 1.35. The molecule has 0 bridgehead atoms. The number of rotatable bonds is 5. The van der Waals surface area contributed by atoms with Gasteiger partial charge >= 0.3 is 5.97 Å². The van der Waals surface area contributed by atoms with Gasteiger partial charge in [0, 0.05) is 29.8 Å². The van der Waals surface area contributed by atoms with Gasteiger partial charge in [-0.2, -0.15) is 0 Å². The Balaban J connectivity index is 2.07. The fraction of sp³-hybridized carbons (Fsp3) is 0.533. The Morgan fingerprint density at radius 2 is 2.30 bits per heavy atom. The molecule has 1 aromatic carbocycles. The van der Waals surface area contributed by atoms with Crippen LogP contribution in [0, 0.1) is 0 Å². The van der Waals surface area contributed by atoms with E-state index in [0.29, 0.717) is 16.1 Å². The number of likely N-dealkylation sites (N-methyl/N-ethyl adjacent to an activating group) is 2. The predicted molar refractivity (Wildman–Crippen MR) is 84.6 cm³/mol. The standard InChI is InChI=1S/C15H21BrN2O2/c1-3-18-8-4-5-12(18)10-17(2)11-6-7-13(15(19)20)14(16)9-11/h6-7,9,12H,3-5,8,10H2,1-2H3,(H,19,20). The monoisotopic (exact) mass is 340 g/mol. The molecule has 20 heavy (non-hydrogen) atoms. The SMILES string of the molecule is CCN1CCCC1CN(C)c1ccc(C(=O)O)c(Br)c1. The topological polar surface area (TPSA) is 43.8 Å². The van der Waals surface area contributed by atoms with Crippen molar-refractivity contribution in [1.82, 2.24) is 4.90 Å². The Labute approximate surface area is 128 Å². The molecule has 1 N–H and O–H groups in total. The highest BCUT2D eigenvalue weighted by atomic mass is 79.9. The quantitative estimate of drug-likeness (QED) is 0.894. The molecule has 0 aliphatic carbocycles. The molecule has 0 spiro atoms. The van der Waals surface area contributed by atoms with Crippen molar-refractivity contribution in [2.24, 2.45) is 0 Å². The third-order valence-corrected chi connectivity index (χ3v) is 4.67. The van der Waals surface area contributed by atoms with Crippen molar-refractivity contribution in [1.29, 1.82) is 0 Å². The van der Waals surface area contributed by atoms with Crippen LogP contribution in [0.1, 0.15) is 30.1 Å². The smallest absolute Gasteiger partial charge is 0.336 e. The molecular weight excluding hydrogens is 320 g/mol. The lowest BCUT2D eigenvalue weighted by Crippen LogP contribution is -2.38. The van der Waals surface area contributed by atoms with Crippen LogP contribution in [0.3, 0.4) is 0 Å². The summed E-state index contributed by atoms with van der Waals surface area (Å²) in [5, 5.41) is 9.04. The number of hydrogen-bond donors (Lipinski definition) is 1. The lowest BCUT2D eigenvalue weighted by molar-refractivity contribution is 0.0696. The first-order valence-corrected chi connectivity index (χ1v) is 7.80. The van der Waals surface area contributed by atoms with E-state index in [4.69, 9.17) is 5.11 Å². The summed E-state index contributed by atoms with van der Waals surface area (Å²) in [7, 11) is 2.06. The summed E-state index contributed by atoms with van der Waals surface area (Å²) in [6, 6.07) is 6.02. The maximum absolute atomic E-state index is 11.0. The van der Waals surface area contributed by atoms with Crippen LogP contribution in [0.25, 0.3) is 0 Å². The Hall–Kier alpha value is -1.07. The first-order valence-electron chi connectivity index (χ1n) is 7.01. The number of benzene rings is 1. The van der Waals surface area contributed by atoms with Crippen LogP contribution in [0.5, 0.6) is 0 Å². The van der Waals surface area contributed by atoms with Crippen LogP contribution < -0.4 is 4.90 Å². The highest BCUT2D eigenvalue weighted by Gasteiger charge is 2.24. The van der Waals surface area contributed by atoms with Gasteiger partial charge in [-0.3, -0.25) is 4.90 Å². The number of hydrogen-bond acceptors (Lipinski definition) is 3. The van der Waals surface area contributed by atoms with Crippen molar-refractivity contribution < 1.29 is 9.90 Å². The molecule has 5 heteroatoms. The summed E-state index contributed by atoms with van der Waals surface area (Å²) < 4.78 is 0.633. The van der Waals surface area contributed by atoms with E-state index < -0.39 is 5.97 Å². The lowest BCUT2D eigenvalue weighted by atomic mass is 10.1. The minimum absolute atomic E-state index is 0.304. The first kappa shape index (κ1) is 15.3. The maximum atomic E-state index is 11.0. The molecule has 1 aliphatic heterocycles. The van der Waals surface area contributed by atoms with Crippen molar-refractivity contribution in [2.45, 2.75) is 25.8 Å². The van der Waals surface area contributed by atoms with Crippen LogP contribution in [0.4, 0.5) is 5.69 Å². The normalized spacial score (nSPS) is 19.2. The largest absolute Gasteiger partial charge is 0.478 e. The average Bonchev–Trinajstić information content (AvgIpc) is 2.85. The van der Waals surface area contributed by atoms with E-state index in [1.807, 2.05) is 12.1 Å². The predicted octanol–water partition coefficient (Wildman–Crippen LogP) is 3.07. The van der Waals surface area contributed by atoms with Crippen LogP contribution >= 0.6 is 15.9 Å². The van der Waals surface area contributed by atoms with Crippen LogP contribution in [-0.2, 0) is 0 Å². The number of aromatic carboxylic acids is 1. The highest BCUT2D eigenvalue weighted by Crippen LogP contribution is 2.25. The molecule has 4 nitrogen and oxygen atoms in total. The molecule has 2 rings (SSSR count). The molecule has 0 saturated carbocycles. The van der Waals surface area contributed by atoms with Crippen molar-refractivity contribution in [2.75, 3.05) is 31.6 Å². The number of carbonyl (C=O) groups is 1. The number of nitrogens with zero attached hydrogens (tertiary/aromatic N) is 2. The molecule has 1 heterocycles. The van der Waals surface area contributed by atoms with Crippen LogP contribution in [0.2, 0.25) is 0 Å². The molecule has 1 aromatic rings. The fourth-order valence-electron chi connectivity index (χ4n) is 2.85. The van der Waals surface area contributed by atoms with E-state index in [0.717, 1.165) is 18.8 Å². The minimum atomic E-state index is -0.904. The van der Waals surface area contributed by atoms with E-state index in [2.05, 4.69) is 39.7 Å². The van der Waals surface area contributed by atoms with Gasteiger partial charge in [0.05, 0.1) is 5.56 Å². The second-order valence-corrected chi connectivity index (χ2v) is 6.13. The molecule has 0 amide bonds. The summed E-state index contributed by atoms with van der Waals surface area (Å²) in [6.07, 6.45) is 2.51. The number of carboxylic acids is 1. The van der Waals surface area contributed by atoms with Crippen LogP contribution in [0.15, 0.2) is 22.7 Å². The number of carboxylic acid groups (broad SMARTS) is 1. The maximum Gasteiger partial charge on any atom is 0.336 e. The lowest BCUT2D eigenvalue weighted by Gasteiger charge is -2.29. The van der Waals surface area contributed by atoms with E-state index >= 15 is 0 Å². The molecule has 1 unspecified atom stereocenters. The van der Waals surface area contributed by atoms with E-state index in [1.165, 1.54) is 19.4 Å². The van der Waals surface area contributed by atoms with Crippen LogP contribution in [-0.4, -0.2) is 48.7 Å². The van der Waals surface area contributed by atoms with Crippen molar-refractivity contribution in [3.8, 4) is 0 Å². The van der Waals surface area contributed by atoms with Gasteiger partial charge in [-0.05, 0) is 60.1 Å². The third-order valence-electron chi connectivity index (χ3n) is 4.01. The second-order valence-electron chi connectivity index (χ2n) is 5.27. The minimum Gasteiger partial charge on any atom is -0.478 e. The van der Waals surface area contributed by atoms with Gasteiger partial charge in [-0.1, -0.05) is 6.92 Å². The molecule has 1 atom stereocenters. The second kappa shape index (κ2) is 6.59. The Kier molecular flexibility index (Phi) is 5.05. The van der Waals surface area contributed by atoms with Crippen molar-refractivity contribution in [3.63, 3.8) is 0 Å². The van der Waals surface area contributed by atoms with Gasteiger partial charge in [0.2, 0.25) is 0 Å². The number of likely N-dealkylation sites (tertiary alicyclic amines) is 1. The number of anilines is 1. The van der Waals surface area contributed by atoms with Gasteiger partial charge in [-0.25, -0.2) is 4.79 Å². The molecule has 1 saturated heterocycles. The third kappa shape index (κ3) is 3.33. The van der Waals surface area contributed by atoms with Gasteiger partial charge in [-0.15, -0.1) is 0 Å². The molecular formula is C15H21BrN2O2. The zero-order valence-corrected chi connectivity index (χ0v) is 13.6. The fourth-order valence-corrected chi connectivity index (χ4v) is 3.39. The molecule has 0 radical (unpaired) electrons. The number of halogens is 1. The van der Waals surface area contributed by atoms with E-state index in [9.17, 15) is 4.79 Å². The zero-order valence-electron chi connectivity index (χ0n) is 12.0. The Morgan fingerprint density at radius 1 is 1.55 bits per heavy atom. The van der Waals surface area contributed by atoms with Gasteiger partial charge in [0.15, 0.2) is 0 Å². The van der Waals surface area contributed by atoms with Gasteiger partial charge < -0.3 is 10.0 Å². The average molecular weight is 341 g/mol. The summed E-state index contributed by atoms with van der Waals surface area (Å²) in [6.45, 7) is 5.47. The first-order chi connectivity index (χ1) is 9.52. The van der Waals surface area contributed by atoms with Crippen molar-refractivity contribution >= 4 is 27.6 Å². The Morgan fingerprint density at radius 3 is 2.90 bits per heavy atom. The van der Waals surface area contributed by atoms with Crippen molar-refractivity contribution in [3.05, 3.63) is 28.2 Å². The van der Waals surface area contributed by atoms with E-state index in [1.54, 1.807) is 6.07 Å². The van der Waals surface area contributed by atoms with Gasteiger partial charge in [0.1, 0.15) is 0 Å². The molecule has 1 fully saturated rings. The Bertz CT molecular complexity index is 493. The zero-order chi connectivity index (χ0) is 14.7. The molecule has 0 aromatic heterocycles. The molecule has 110 valence electrons.